The molecule has 2 N–H and O–H groups in total. The van der Waals surface area contributed by atoms with E-state index in [1.807, 2.05) is 6.92 Å². The molecule has 0 aromatic rings. The first-order valence-electron chi connectivity index (χ1n) is 5.37. The predicted octanol–water partition coefficient (Wildman–Crippen LogP) is 2.08. The van der Waals surface area contributed by atoms with Gasteiger partial charge in [-0.25, -0.2) is 0 Å². The Kier molecular flexibility index (Phi) is 4.00. The summed E-state index contributed by atoms with van der Waals surface area (Å²) in [4.78, 5) is 0. The Hall–Kier alpha value is -0.290. The van der Waals surface area contributed by atoms with Crippen molar-refractivity contribution in [1.82, 2.24) is 5.32 Å². The molecule has 0 bridgehead atoms. The summed E-state index contributed by atoms with van der Waals surface area (Å²) >= 11 is 0. The molecule has 0 amide bonds. The number of hydrogen-bond donors (Lipinski definition) is 2. The Morgan fingerprint density at radius 2 is 2.13 bits per heavy atom. The highest BCUT2D eigenvalue weighted by Crippen LogP contribution is 2.41. The number of halogens is 3. The maximum atomic E-state index is 12.5. The van der Waals surface area contributed by atoms with Gasteiger partial charge in [0.15, 0.2) is 0 Å². The second kappa shape index (κ2) is 4.70. The van der Waals surface area contributed by atoms with Gasteiger partial charge in [0.1, 0.15) is 0 Å². The summed E-state index contributed by atoms with van der Waals surface area (Å²) in [5, 5.41) is 12.9. The maximum absolute atomic E-state index is 12.5. The zero-order chi connectivity index (χ0) is 11.5. The molecule has 0 saturated heterocycles. The van der Waals surface area contributed by atoms with Gasteiger partial charge in [-0.05, 0) is 32.2 Å². The van der Waals surface area contributed by atoms with Gasteiger partial charge in [0.05, 0.1) is 11.5 Å². The Morgan fingerprint density at radius 1 is 1.47 bits per heavy atom. The molecule has 1 aliphatic rings. The quantitative estimate of drug-likeness (QED) is 0.770. The van der Waals surface area contributed by atoms with Crippen LogP contribution in [0.2, 0.25) is 0 Å². The van der Waals surface area contributed by atoms with E-state index in [0.717, 1.165) is 0 Å². The molecule has 0 aromatic heterocycles. The molecule has 0 aliphatic heterocycles. The summed E-state index contributed by atoms with van der Waals surface area (Å²) in [7, 11) is 0. The Morgan fingerprint density at radius 3 is 2.67 bits per heavy atom. The molecular weight excluding hydrogens is 207 g/mol. The van der Waals surface area contributed by atoms with E-state index in [-0.39, 0.29) is 19.4 Å². The lowest BCUT2D eigenvalue weighted by Gasteiger charge is -2.37. The van der Waals surface area contributed by atoms with Crippen LogP contribution < -0.4 is 5.32 Å². The SMILES string of the molecule is CCNCC1(O)CCCC(C(F)(F)F)C1. The van der Waals surface area contributed by atoms with E-state index in [0.29, 0.717) is 19.4 Å². The van der Waals surface area contributed by atoms with Gasteiger partial charge in [0.2, 0.25) is 0 Å². The Labute approximate surface area is 87.9 Å². The zero-order valence-electron chi connectivity index (χ0n) is 8.90. The molecule has 15 heavy (non-hydrogen) atoms. The van der Waals surface area contributed by atoms with Gasteiger partial charge in [-0.1, -0.05) is 6.92 Å². The lowest BCUT2D eigenvalue weighted by Crippen LogP contribution is -2.47. The highest BCUT2D eigenvalue weighted by Gasteiger charge is 2.46. The third-order valence-electron chi connectivity index (χ3n) is 2.99. The van der Waals surface area contributed by atoms with E-state index in [1.54, 1.807) is 0 Å². The minimum Gasteiger partial charge on any atom is -0.389 e. The fourth-order valence-electron chi connectivity index (χ4n) is 2.14. The van der Waals surface area contributed by atoms with Crippen LogP contribution in [0.3, 0.4) is 0 Å². The summed E-state index contributed by atoms with van der Waals surface area (Å²) in [5.74, 6) is -1.34. The normalized spacial score (nSPS) is 33.0. The van der Waals surface area contributed by atoms with E-state index in [4.69, 9.17) is 0 Å². The van der Waals surface area contributed by atoms with Crippen molar-refractivity contribution >= 4 is 0 Å². The van der Waals surface area contributed by atoms with E-state index in [9.17, 15) is 18.3 Å². The van der Waals surface area contributed by atoms with Crippen molar-refractivity contribution in [3.63, 3.8) is 0 Å². The third kappa shape index (κ3) is 3.65. The first kappa shape index (κ1) is 12.8. The van der Waals surface area contributed by atoms with Crippen molar-refractivity contribution in [3.05, 3.63) is 0 Å². The second-order valence-electron chi connectivity index (χ2n) is 4.34. The van der Waals surface area contributed by atoms with Gasteiger partial charge < -0.3 is 10.4 Å². The number of alkyl halides is 3. The number of likely N-dealkylation sites (N-methyl/N-ethyl adjacent to an activating group) is 1. The fraction of sp³-hybridized carbons (Fsp3) is 1.00. The zero-order valence-corrected chi connectivity index (χ0v) is 8.90. The van der Waals surface area contributed by atoms with Gasteiger partial charge in [-0.2, -0.15) is 13.2 Å². The van der Waals surface area contributed by atoms with E-state index in [1.165, 1.54) is 0 Å². The van der Waals surface area contributed by atoms with Crippen LogP contribution in [0.5, 0.6) is 0 Å². The average Bonchev–Trinajstić information content (AvgIpc) is 2.14. The van der Waals surface area contributed by atoms with Crippen molar-refractivity contribution in [1.29, 1.82) is 0 Å². The Bertz CT molecular complexity index is 207. The highest BCUT2D eigenvalue weighted by molar-refractivity contribution is 4.90. The van der Waals surface area contributed by atoms with Crippen LogP contribution in [-0.4, -0.2) is 30.0 Å². The molecule has 0 spiro atoms. The van der Waals surface area contributed by atoms with E-state index < -0.39 is 17.7 Å². The largest absolute Gasteiger partial charge is 0.391 e. The molecule has 5 heteroatoms. The number of rotatable bonds is 3. The lowest BCUT2D eigenvalue weighted by atomic mass is 9.77. The van der Waals surface area contributed by atoms with Crippen molar-refractivity contribution < 1.29 is 18.3 Å². The monoisotopic (exact) mass is 225 g/mol. The number of nitrogens with one attached hydrogen (secondary N) is 1. The molecule has 90 valence electrons. The molecule has 0 heterocycles. The summed E-state index contributed by atoms with van der Waals surface area (Å²) in [6, 6.07) is 0. The summed E-state index contributed by atoms with van der Waals surface area (Å²) < 4.78 is 37.4. The number of hydrogen-bond acceptors (Lipinski definition) is 2. The van der Waals surface area contributed by atoms with Crippen molar-refractivity contribution in [2.45, 2.75) is 44.4 Å². The van der Waals surface area contributed by atoms with Gasteiger partial charge >= 0.3 is 6.18 Å². The topological polar surface area (TPSA) is 32.3 Å². The fourth-order valence-corrected chi connectivity index (χ4v) is 2.14. The van der Waals surface area contributed by atoms with Crippen LogP contribution in [0, 0.1) is 5.92 Å². The number of aliphatic hydroxyl groups is 1. The molecule has 2 atom stereocenters. The first-order chi connectivity index (χ1) is 6.87. The minimum absolute atomic E-state index is 0.151. The molecule has 1 aliphatic carbocycles. The van der Waals surface area contributed by atoms with Crippen molar-refractivity contribution in [3.8, 4) is 0 Å². The first-order valence-corrected chi connectivity index (χ1v) is 5.37. The second-order valence-corrected chi connectivity index (χ2v) is 4.34. The molecular formula is C10H18F3NO. The van der Waals surface area contributed by atoms with Crippen LogP contribution in [0.15, 0.2) is 0 Å². The maximum Gasteiger partial charge on any atom is 0.391 e. The molecule has 1 fully saturated rings. The van der Waals surface area contributed by atoms with Crippen molar-refractivity contribution in [2.24, 2.45) is 5.92 Å². The molecule has 1 rings (SSSR count). The van der Waals surface area contributed by atoms with Crippen LogP contribution in [0.1, 0.15) is 32.6 Å². The predicted molar refractivity (Wildman–Crippen MR) is 51.5 cm³/mol. The van der Waals surface area contributed by atoms with Gasteiger partial charge in [-0.15, -0.1) is 0 Å². The van der Waals surface area contributed by atoms with Crippen molar-refractivity contribution in [2.75, 3.05) is 13.1 Å². The van der Waals surface area contributed by atoms with Crippen LogP contribution in [0.25, 0.3) is 0 Å². The third-order valence-corrected chi connectivity index (χ3v) is 2.99. The van der Waals surface area contributed by atoms with E-state index in [2.05, 4.69) is 5.32 Å². The van der Waals surface area contributed by atoms with Crippen LogP contribution in [-0.2, 0) is 0 Å². The highest BCUT2D eigenvalue weighted by atomic mass is 19.4. The summed E-state index contributed by atoms with van der Waals surface area (Å²) in [6.45, 7) is 2.79. The average molecular weight is 225 g/mol. The standard InChI is InChI=1S/C10H18F3NO/c1-2-14-7-9(15)5-3-4-8(6-9)10(11,12)13/h8,14-15H,2-7H2,1H3. The van der Waals surface area contributed by atoms with Crippen LogP contribution in [0.4, 0.5) is 13.2 Å². The van der Waals surface area contributed by atoms with E-state index >= 15 is 0 Å². The summed E-state index contributed by atoms with van der Waals surface area (Å²) in [5.41, 5.74) is -1.17. The smallest absolute Gasteiger partial charge is 0.389 e. The molecule has 2 unspecified atom stereocenters. The van der Waals surface area contributed by atoms with Gasteiger partial charge in [-0.3, -0.25) is 0 Å². The van der Waals surface area contributed by atoms with Crippen LogP contribution >= 0.6 is 0 Å². The molecule has 2 nitrogen and oxygen atoms in total. The van der Waals surface area contributed by atoms with Gasteiger partial charge in [0.25, 0.3) is 0 Å². The molecule has 0 aromatic carbocycles. The Balaban J connectivity index is 2.54. The van der Waals surface area contributed by atoms with Gasteiger partial charge in [0, 0.05) is 6.54 Å². The lowest BCUT2D eigenvalue weighted by molar-refractivity contribution is -0.199. The minimum atomic E-state index is -4.17. The summed E-state index contributed by atoms with van der Waals surface area (Å²) in [6.07, 6.45) is -3.26. The molecule has 1 saturated carbocycles. The molecule has 0 radical (unpaired) electrons.